The highest BCUT2D eigenvalue weighted by atomic mass is 16.5. The van der Waals surface area contributed by atoms with Crippen LogP contribution in [0.5, 0.6) is 0 Å². The van der Waals surface area contributed by atoms with E-state index in [1.807, 2.05) is 25.1 Å². The number of aromatic nitrogens is 2. The lowest BCUT2D eigenvalue weighted by Gasteiger charge is -2.26. The monoisotopic (exact) mass is 439 g/mol. The van der Waals surface area contributed by atoms with Gasteiger partial charge in [0.15, 0.2) is 5.69 Å². The highest BCUT2D eigenvalue weighted by Gasteiger charge is 2.26. The van der Waals surface area contributed by atoms with Crippen molar-refractivity contribution >= 4 is 17.7 Å². The summed E-state index contributed by atoms with van der Waals surface area (Å²) in [6.45, 7) is 6.27. The minimum absolute atomic E-state index is 0.00353. The largest absolute Gasteiger partial charge is 0.378 e. The molecule has 0 bridgehead atoms. The molecule has 0 saturated carbocycles. The second-order valence-corrected chi connectivity index (χ2v) is 8.21. The first kappa shape index (κ1) is 22.0. The Morgan fingerprint density at radius 3 is 2.72 bits per heavy atom. The Kier molecular flexibility index (Phi) is 6.84. The number of hydrogen-bond acceptors (Lipinski definition) is 5. The molecule has 2 aromatic rings. The van der Waals surface area contributed by atoms with E-state index in [9.17, 15) is 14.4 Å². The van der Waals surface area contributed by atoms with E-state index in [4.69, 9.17) is 4.74 Å². The average Bonchev–Trinajstić information content (AvgIpc) is 3.17. The predicted molar refractivity (Wildman–Crippen MR) is 117 cm³/mol. The maximum Gasteiger partial charge on any atom is 0.272 e. The SMILES string of the molecule is Cc1cccc(CN2CCCn3nc(C(=O)NCCC(=O)N4CCOCC4)cc3C2=O)c1. The van der Waals surface area contributed by atoms with Crippen LogP contribution in [0.2, 0.25) is 0 Å². The van der Waals surface area contributed by atoms with E-state index in [2.05, 4.69) is 16.5 Å². The molecule has 2 aliphatic rings. The number of ether oxygens (including phenoxy) is 1. The highest BCUT2D eigenvalue weighted by Crippen LogP contribution is 2.17. The van der Waals surface area contributed by atoms with Crippen LogP contribution in [-0.2, 0) is 22.6 Å². The zero-order valence-corrected chi connectivity index (χ0v) is 18.4. The molecule has 0 aliphatic carbocycles. The number of morpholine rings is 1. The normalized spacial score (nSPS) is 16.5. The summed E-state index contributed by atoms with van der Waals surface area (Å²) in [6, 6.07) is 9.66. The van der Waals surface area contributed by atoms with Crippen molar-refractivity contribution in [2.75, 3.05) is 39.4 Å². The molecule has 0 radical (unpaired) electrons. The number of benzene rings is 1. The molecule has 9 nitrogen and oxygen atoms in total. The van der Waals surface area contributed by atoms with Crippen LogP contribution in [0.4, 0.5) is 0 Å². The molecule has 9 heteroatoms. The minimum atomic E-state index is -0.376. The molecule has 1 aromatic heterocycles. The first-order valence-corrected chi connectivity index (χ1v) is 11.1. The molecule has 3 heterocycles. The molecule has 0 spiro atoms. The average molecular weight is 440 g/mol. The molecule has 0 atom stereocenters. The Labute approximate surface area is 187 Å². The second kappa shape index (κ2) is 9.95. The highest BCUT2D eigenvalue weighted by molar-refractivity contribution is 5.98. The van der Waals surface area contributed by atoms with E-state index in [1.165, 1.54) is 0 Å². The molecule has 0 unspecified atom stereocenters. The Bertz CT molecular complexity index is 996. The van der Waals surface area contributed by atoms with Crippen molar-refractivity contribution in [2.45, 2.75) is 32.9 Å². The third kappa shape index (κ3) is 5.16. The smallest absolute Gasteiger partial charge is 0.272 e. The lowest BCUT2D eigenvalue weighted by Crippen LogP contribution is -2.42. The van der Waals surface area contributed by atoms with Gasteiger partial charge in [0.05, 0.1) is 13.2 Å². The molecule has 170 valence electrons. The van der Waals surface area contributed by atoms with Crippen molar-refractivity contribution in [3.05, 3.63) is 52.8 Å². The fourth-order valence-corrected chi connectivity index (χ4v) is 4.07. The van der Waals surface area contributed by atoms with E-state index in [0.717, 1.165) is 17.5 Å². The number of carbonyl (C=O) groups is 3. The van der Waals surface area contributed by atoms with Gasteiger partial charge in [-0.1, -0.05) is 29.8 Å². The fraction of sp³-hybridized carbons (Fsp3) is 0.478. The maximum atomic E-state index is 13.1. The van der Waals surface area contributed by atoms with Crippen LogP contribution >= 0.6 is 0 Å². The van der Waals surface area contributed by atoms with Crippen LogP contribution < -0.4 is 5.32 Å². The molecule has 32 heavy (non-hydrogen) atoms. The van der Waals surface area contributed by atoms with Gasteiger partial charge in [0.2, 0.25) is 5.91 Å². The van der Waals surface area contributed by atoms with Gasteiger partial charge < -0.3 is 19.9 Å². The molecule has 1 N–H and O–H groups in total. The Morgan fingerprint density at radius 1 is 1.12 bits per heavy atom. The topological polar surface area (TPSA) is 96.8 Å². The summed E-state index contributed by atoms with van der Waals surface area (Å²) >= 11 is 0. The summed E-state index contributed by atoms with van der Waals surface area (Å²) < 4.78 is 6.87. The minimum Gasteiger partial charge on any atom is -0.378 e. The van der Waals surface area contributed by atoms with E-state index in [1.54, 1.807) is 20.5 Å². The van der Waals surface area contributed by atoms with Crippen molar-refractivity contribution in [3.8, 4) is 0 Å². The van der Waals surface area contributed by atoms with Crippen LogP contribution in [0, 0.1) is 6.92 Å². The van der Waals surface area contributed by atoms with Crippen molar-refractivity contribution < 1.29 is 19.1 Å². The van der Waals surface area contributed by atoms with E-state index >= 15 is 0 Å². The van der Waals surface area contributed by atoms with Crippen LogP contribution in [0.3, 0.4) is 0 Å². The predicted octanol–water partition coefficient (Wildman–Crippen LogP) is 1.22. The van der Waals surface area contributed by atoms with Gasteiger partial charge in [0.1, 0.15) is 5.69 Å². The van der Waals surface area contributed by atoms with Crippen LogP contribution in [0.15, 0.2) is 30.3 Å². The lowest BCUT2D eigenvalue weighted by atomic mass is 10.1. The standard InChI is InChI=1S/C23H29N5O4/c1-17-4-2-5-18(14-17)16-27-8-3-9-28-20(23(27)31)15-19(25-28)22(30)24-7-6-21(29)26-10-12-32-13-11-26/h2,4-5,14-15H,3,6-13,16H2,1H3,(H,24,30). The molecular formula is C23H29N5O4. The van der Waals surface area contributed by atoms with E-state index in [-0.39, 0.29) is 36.4 Å². The summed E-state index contributed by atoms with van der Waals surface area (Å²) in [7, 11) is 0. The second-order valence-electron chi connectivity index (χ2n) is 8.21. The van der Waals surface area contributed by atoms with E-state index in [0.29, 0.717) is 51.6 Å². The summed E-state index contributed by atoms with van der Waals surface area (Å²) in [4.78, 5) is 41.4. The van der Waals surface area contributed by atoms with Crippen molar-refractivity contribution in [3.63, 3.8) is 0 Å². The van der Waals surface area contributed by atoms with Gasteiger partial charge in [-0.3, -0.25) is 19.1 Å². The quantitative estimate of drug-likeness (QED) is 0.730. The molecular weight excluding hydrogens is 410 g/mol. The molecule has 4 rings (SSSR count). The molecule has 1 aromatic carbocycles. The summed E-state index contributed by atoms with van der Waals surface area (Å²) in [5.41, 5.74) is 2.85. The van der Waals surface area contributed by atoms with Gasteiger partial charge in [-0.2, -0.15) is 5.10 Å². The Balaban J connectivity index is 1.36. The molecule has 2 aliphatic heterocycles. The van der Waals surface area contributed by atoms with Crippen LogP contribution in [0.1, 0.15) is 44.9 Å². The zero-order valence-electron chi connectivity index (χ0n) is 18.4. The van der Waals surface area contributed by atoms with Crippen LogP contribution in [-0.4, -0.2) is 76.7 Å². The summed E-state index contributed by atoms with van der Waals surface area (Å²) in [5.74, 6) is -0.507. The van der Waals surface area contributed by atoms with Crippen LogP contribution in [0.25, 0.3) is 0 Å². The third-order valence-corrected chi connectivity index (χ3v) is 5.76. The zero-order chi connectivity index (χ0) is 22.5. The van der Waals surface area contributed by atoms with Gasteiger partial charge in [-0.25, -0.2) is 0 Å². The molecule has 1 saturated heterocycles. The van der Waals surface area contributed by atoms with Gasteiger partial charge in [-0.15, -0.1) is 0 Å². The van der Waals surface area contributed by atoms with Gasteiger partial charge in [-0.05, 0) is 18.9 Å². The number of fused-ring (bicyclic) bond motifs is 1. The van der Waals surface area contributed by atoms with Gasteiger partial charge >= 0.3 is 0 Å². The number of rotatable bonds is 6. The first-order chi connectivity index (χ1) is 15.5. The van der Waals surface area contributed by atoms with Crippen molar-refractivity contribution in [2.24, 2.45) is 0 Å². The number of aryl methyl sites for hydroxylation is 2. The summed E-state index contributed by atoms with van der Waals surface area (Å²) in [6.07, 6.45) is 0.990. The number of hydrogen-bond donors (Lipinski definition) is 1. The number of carbonyl (C=O) groups excluding carboxylic acids is 3. The maximum absolute atomic E-state index is 13.1. The Hall–Kier alpha value is -3.20. The number of nitrogens with one attached hydrogen (secondary N) is 1. The summed E-state index contributed by atoms with van der Waals surface area (Å²) in [5, 5.41) is 7.10. The van der Waals surface area contributed by atoms with Crippen molar-refractivity contribution in [1.82, 2.24) is 24.9 Å². The van der Waals surface area contributed by atoms with E-state index < -0.39 is 0 Å². The number of amides is 3. The lowest BCUT2D eigenvalue weighted by molar-refractivity contribution is -0.135. The molecule has 3 amide bonds. The first-order valence-electron chi connectivity index (χ1n) is 11.1. The molecule has 1 fully saturated rings. The van der Waals surface area contributed by atoms with Crippen molar-refractivity contribution in [1.29, 1.82) is 0 Å². The number of nitrogens with zero attached hydrogens (tertiary/aromatic N) is 4. The van der Waals surface area contributed by atoms with Gasteiger partial charge in [0, 0.05) is 51.8 Å². The van der Waals surface area contributed by atoms with Gasteiger partial charge in [0.25, 0.3) is 11.8 Å². The fourth-order valence-electron chi connectivity index (χ4n) is 4.07. The third-order valence-electron chi connectivity index (χ3n) is 5.76. The Morgan fingerprint density at radius 2 is 1.94 bits per heavy atom.